The van der Waals surface area contributed by atoms with Crippen molar-refractivity contribution in [2.45, 2.75) is 6.36 Å². The van der Waals surface area contributed by atoms with Crippen LogP contribution < -0.4 is 4.74 Å². The Morgan fingerprint density at radius 2 is 2.00 bits per heavy atom. The van der Waals surface area contributed by atoms with Gasteiger partial charge >= 0.3 is 6.36 Å². The number of carbonyl (C=O) groups excluding carboxylic acids is 1. The van der Waals surface area contributed by atoms with Gasteiger partial charge in [0.1, 0.15) is 0 Å². The van der Waals surface area contributed by atoms with Crippen LogP contribution in [-0.4, -0.2) is 16.6 Å². The second kappa shape index (κ2) is 4.01. The molecule has 15 heavy (non-hydrogen) atoms. The molecule has 0 spiro atoms. The number of nitrogens with zero attached hydrogens (tertiary/aromatic N) is 1. The highest BCUT2D eigenvalue weighted by atomic mass is 35.5. The summed E-state index contributed by atoms with van der Waals surface area (Å²) in [6.45, 7) is 0. The van der Waals surface area contributed by atoms with E-state index >= 15 is 0 Å². The summed E-state index contributed by atoms with van der Waals surface area (Å²) in [6.07, 6.45) is -4.97. The maximum absolute atomic E-state index is 12.8. The van der Waals surface area contributed by atoms with Crippen molar-refractivity contribution >= 4 is 16.8 Å². The number of alkyl halides is 3. The third-order valence-corrected chi connectivity index (χ3v) is 1.46. The molecule has 0 fully saturated rings. The molecule has 0 aliphatic carbocycles. The third-order valence-electron chi connectivity index (χ3n) is 1.26. The first-order valence-electron chi connectivity index (χ1n) is 3.42. The molecule has 82 valence electrons. The average molecular weight is 244 g/mol. The molecule has 0 saturated heterocycles. The van der Waals surface area contributed by atoms with Crippen LogP contribution >= 0.6 is 11.6 Å². The van der Waals surface area contributed by atoms with Gasteiger partial charge in [-0.15, -0.1) is 13.2 Å². The van der Waals surface area contributed by atoms with Crippen molar-refractivity contribution in [2.75, 3.05) is 0 Å². The summed E-state index contributed by atoms with van der Waals surface area (Å²) in [4.78, 5) is 13.3. The largest absolute Gasteiger partial charge is 0.574 e. The van der Waals surface area contributed by atoms with Crippen molar-refractivity contribution < 1.29 is 27.1 Å². The SMILES string of the molecule is O=C(Cl)c1ccc(OC(F)(F)F)nc1F. The van der Waals surface area contributed by atoms with Gasteiger partial charge in [-0.1, -0.05) is 0 Å². The fraction of sp³-hybridized carbons (Fsp3) is 0.143. The van der Waals surface area contributed by atoms with Crippen molar-refractivity contribution in [3.63, 3.8) is 0 Å². The predicted molar refractivity (Wildman–Crippen MR) is 41.1 cm³/mol. The number of halogens is 5. The molecular weight excluding hydrogens is 242 g/mol. The van der Waals surface area contributed by atoms with Crippen LogP contribution in [0, 0.1) is 5.95 Å². The molecule has 0 aromatic carbocycles. The zero-order valence-corrected chi connectivity index (χ0v) is 7.56. The van der Waals surface area contributed by atoms with Crippen LogP contribution in [0.25, 0.3) is 0 Å². The molecule has 1 rings (SSSR count). The van der Waals surface area contributed by atoms with Gasteiger partial charge in [-0.2, -0.15) is 9.37 Å². The number of ether oxygens (including phenoxy) is 1. The highest BCUT2D eigenvalue weighted by Crippen LogP contribution is 2.22. The molecule has 0 amide bonds. The first-order chi connectivity index (χ1) is 6.79. The summed E-state index contributed by atoms with van der Waals surface area (Å²) in [7, 11) is 0. The lowest BCUT2D eigenvalue weighted by molar-refractivity contribution is -0.276. The van der Waals surface area contributed by atoms with E-state index in [1.165, 1.54) is 0 Å². The number of hydrogen-bond donors (Lipinski definition) is 0. The number of pyridine rings is 1. The van der Waals surface area contributed by atoms with E-state index in [-0.39, 0.29) is 0 Å². The Morgan fingerprint density at radius 3 is 2.40 bits per heavy atom. The fourth-order valence-corrected chi connectivity index (χ4v) is 0.881. The number of carbonyl (C=O) groups is 1. The zero-order chi connectivity index (χ0) is 11.6. The van der Waals surface area contributed by atoms with Crippen LogP contribution in [0.4, 0.5) is 17.6 Å². The van der Waals surface area contributed by atoms with Crippen LogP contribution in [0.3, 0.4) is 0 Å². The topological polar surface area (TPSA) is 39.2 Å². The molecule has 1 aromatic heterocycles. The second-order valence-electron chi connectivity index (χ2n) is 2.31. The van der Waals surface area contributed by atoms with Crippen LogP contribution in [0.2, 0.25) is 0 Å². The van der Waals surface area contributed by atoms with Gasteiger partial charge in [0.25, 0.3) is 5.24 Å². The van der Waals surface area contributed by atoms with Crippen molar-refractivity contribution in [3.8, 4) is 5.88 Å². The minimum absolute atomic E-state index is 0.619. The van der Waals surface area contributed by atoms with E-state index in [4.69, 9.17) is 11.6 Å². The molecule has 0 bridgehead atoms. The van der Waals surface area contributed by atoms with E-state index in [1.54, 1.807) is 0 Å². The molecule has 0 atom stereocenters. The predicted octanol–water partition coefficient (Wildman–Crippen LogP) is 2.50. The van der Waals surface area contributed by atoms with Gasteiger partial charge in [-0.3, -0.25) is 4.79 Å². The van der Waals surface area contributed by atoms with Gasteiger partial charge in [0.05, 0.1) is 5.56 Å². The molecule has 8 heteroatoms. The Labute approximate surface area is 85.6 Å². The number of rotatable bonds is 2. The highest BCUT2D eigenvalue weighted by molar-refractivity contribution is 6.67. The van der Waals surface area contributed by atoms with Gasteiger partial charge in [-0.05, 0) is 17.7 Å². The molecule has 0 aliphatic heterocycles. The van der Waals surface area contributed by atoms with Crippen LogP contribution in [0.5, 0.6) is 5.88 Å². The summed E-state index contributed by atoms with van der Waals surface area (Å²) < 4.78 is 51.1. The minimum Gasteiger partial charge on any atom is -0.388 e. The molecule has 1 heterocycles. The third kappa shape index (κ3) is 3.35. The Kier molecular flexibility index (Phi) is 3.13. The number of hydrogen-bond acceptors (Lipinski definition) is 3. The van der Waals surface area contributed by atoms with Gasteiger partial charge in [0.15, 0.2) is 0 Å². The lowest BCUT2D eigenvalue weighted by atomic mass is 10.3. The zero-order valence-electron chi connectivity index (χ0n) is 6.81. The highest BCUT2D eigenvalue weighted by Gasteiger charge is 2.32. The van der Waals surface area contributed by atoms with Crippen molar-refractivity contribution in [1.82, 2.24) is 4.98 Å². The average Bonchev–Trinajstić information content (AvgIpc) is 1.99. The van der Waals surface area contributed by atoms with Gasteiger partial charge in [0.2, 0.25) is 11.8 Å². The molecule has 0 saturated carbocycles. The Hall–Kier alpha value is -1.37. The van der Waals surface area contributed by atoms with Gasteiger partial charge < -0.3 is 4.74 Å². The van der Waals surface area contributed by atoms with Gasteiger partial charge in [-0.25, -0.2) is 0 Å². The lowest BCUT2D eigenvalue weighted by Gasteiger charge is -2.07. The van der Waals surface area contributed by atoms with Crippen LogP contribution in [-0.2, 0) is 0 Å². The summed E-state index contributed by atoms with van der Waals surface area (Å²) in [6, 6.07) is 1.44. The van der Waals surface area contributed by atoms with Gasteiger partial charge in [0, 0.05) is 6.07 Å². The first-order valence-corrected chi connectivity index (χ1v) is 3.79. The quantitative estimate of drug-likeness (QED) is 0.455. The lowest BCUT2D eigenvalue weighted by Crippen LogP contribution is -2.18. The second-order valence-corrected chi connectivity index (χ2v) is 2.65. The molecule has 0 unspecified atom stereocenters. The molecular formula is C7H2ClF4NO2. The van der Waals surface area contributed by atoms with E-state index in [0.29, 0.717) is 6.07 Å². The molecule has 0 radical (unpaired) electrons. The first kappa shape index (κ1) is 11.7. The van der Waals surface area contributed by atoms with Crippen molar-refractivity contribution in [1.29, 1.82) is 0 Å². The molecule has 0 N–H and O–H groups in total. The Bertz CT molecular complexity index is 393. The van der Waals surface area contributed by atoms with E-state index in [1.807, 2.05) is 0 Å². The maximum Gasteiger partial charge on any atom is 0.574 e. The van der Waals surface area contributed by atoms with E-state index in [0.717, 1.165) is 6.07 Å². The smallest absolute Gasteiger partial charge is 0.388 e. The summed E-state index contributed by atoms with van der Waals surface area (Å²) in [5.41, 5.74) is -0.619. The fourth-order valence-electron chi connectivity index (χ4n) is 0.740. The molecule has 0 aliphatic rings. The van der Waals surface area contributed by atoms with Crippen molar-refractivity contribution in [3.05, 3.63) is 23.6 Å². The van der Waals surface area contributed by atoms with E-state index in [2.05, 4.69) is 9.72 Å². The van der Waals surface area contributed by atoms with Crippen molar-refractivity contribution in [2.24, 2.45) is 0 Å². The normalized spacial score (nSPS) is 11.3. The summed E-state index contributed by atoms with van der Waals surface area (Å²) in [5.74, 6) is -2.42. The van der Waals surface area contributed by atoms with Crippen LogP contribution in [0.1, 0.15) is 10.4 Å². The Balaban J connectivity index is 2.97. The summed E-state index contributed by atoms with van der Waals surface area (Å²) in [5, 5.41) is -1.15. The minimum atomic E-state index is -4.97. The Morgan fingerprint density at radius 1 is 1.40 bits per heavy atom. The summed E-state index contributed by atoms with van der Waals surface area (Å²) >= 11 is 4.91. The van der Waals surface area contributed by atoms with Crippen LogP contribution in [0.15, 0.2) is 12.1 Å². The monoisotopic (exact) mass is 243 g/mol. The molecule has 1 aromatic rings. The molecule has 3 nitrogen and oxygen atoms in total. The van der Waals surface area contributed by atoms with E-state index < -0.39 is 29.0 Å². The van der Waals surface area contributed by atoms with E-state index in [9.17, 15) is 22.4 Å². The number of aromatic nitrogens is 1. The standard InChI is InChI=1S/C7H2ClF4NO2/c8-5(14)3-1-2-4(13-6(3)9)15-7(10,11)12/h1-2H. The maximum atomic E-state index is 12.8.